The maximum Gasteiger partial charge on any atom is 0.0493 e. The Labute approximate surface area is 88.4 Å². The number of rotatable bonds is 7. The molecule has 1 aliphatic rings. The third kappa shape index (κ3) is 3.25. The first-order chi connectivity index (χ1) is 6.62. The Hall–Kier alpha value is -0.0800. The van der Waals surface area contributed by atoms with Crippen molar-refractivity contribution in [1.29, 1.82) is 0 Å². The van der Waals surface area contributed by atoms with Gasteiger partial charge in [-0.05, 0) is 30.6 Å². The average molecular weight is 199 g/mol. The zero-order valence-corrected chi connectivity index (χ0v) is 10.1. The summed E-state index contributed by atoms with van der Waals surface area (Å²) in [6, 6.07) is 0.815. The van der Waals surface area contributed by atoms with E-state index in [9.17, 15) is 0 Å². The number of hydrogen-bond donors (Lipinski definition) is 1. The molecule has 0 heterocycles. The highest BCUT2D eigenvalue weighted by Crippen LogP contribution is 2.32. The van der Waals surface area contributed by atoms with E-state index < -0.39 is 0 Å². The van der Waals surface area contributed by atoms with Crippen LogP contribution in [0.2, 0.25) is 0 Å². The number of methoxy groups -OCH3 is 1. The Morgan fingerprint density at radius 2 is 2.14 bits per heavy atom. The molecule has 2 atom stereocenters. The summed E-state index contributed by atoms with van der Waals surface area (Å²) in [5.41, 5.74) is 0.387. The van der Waals surface area contributed by atoms with E-state index in [1.165, 1.54) is 19.3 Å². The number of hydrogen-bond acceptors (Lipinski definition) is 2. The van der Waals surface area contributed by atoms with E-state index in [-0.39, 0.29) is 0 Å². The van der Waals surface area contributed by atoms with Crippen molar-refractivity contribution in [2.24, 2.45) is 11.3 Å². The molecule has 0 aromatic rings. The highest BCUT2D eigenvalue weighted by Gasteiger charge is 2.31. The van der Waals surface area contributed by atoms with Crippen LogP contribution in [0.3, 0.4) is 0 Å². The average Bonchev–Trinajstić information content (AvgIpc) is 2.98. The van der Waals surface area contributed by atoms with Crippen LogP contribution in [0.5, 0.6) is 0 Å². The quantitative estimate of drug-likeness (QED) is 0.680. The van der Waals surface area contributed by atoms with Crippen LogP contribution in [0.25, 0.3) is 0 Å². The maximum atomic E-state index is 5.25. The number of nitrogens with one attached hydrogen (secondary N) is 1. The summed E-state index contributed by atoms with van der Waals surface area (Å²) in [6.07, 6.45) is 3.97. The zero-order chi connectivity index (χ0) is 10.6. The van der Waals surface area contributed by atoms with Crippen LogP contribution in [0.15, 0.2) is 0 Å². The Balaban J connectivity index is 2.36. The van der Waals surface area contributed by atoms with Gasteiger partial charge in [-0.2, -0.15) is 0 Å². The van der Waals surface area contributed by atoms with Crippen molar-refractivity contribution in [3.05, 3.63) is 0 Å². The van der Waals surface area contributed by atoms with Gasteiger partial charge in [0.25, 0.3) is 0 Å². The van der Waals surface area contributed by atoms with Gasteiger partial charge in [0.2, 0.25) is 0 Å². The molecular weight excluding hydrogens is 174 g/mol. The highest BCUT2D eigenvalue weighted by molar-refractivity contribution is 4.87. The fraction of sp³-hybridized carbons (Fsp3) is 1.00. The molecule has 0 aromatic carbocycles. The van der Waals surface area contributed by atoms with Crippen LogP contribution in [0, 0.1) is 11.3 Å². The minimum absolute atomic E-state index is 0.387. The van der Waals surface area contributed by atoms with Crippen molar-refractivity contribution in [3.8, 4) is 0 Å². The van der Waals surface area contributed by atoms with Crippen molar-refractivity contribution in [2.45, 2.75) is 46.1 Å². The monoisotopic (exact) mass is 199 g/mol. The molecule has 1 rings (SSSR count). The fourth-order valence-corrected chi connectivity index (χ4v) is 1.76. The van der Waals surface area contributed by atoms with Gasteiger partial charge in [0.15, 0.2) is 0 Å². The van der Waals surface area contributed by atoms with E-state index in [0.29, 0.717) is 11.3 Å². The van der Waals surface area contributed by atoms with Gasteiger partial charge in [0.05, 0.1) is 0 Å². The first kappa shape index (κ1) is 12.0. The molecule has 0 amide bonds. The lowest BCUT2D eigenvalue weighted by Crippen LogP contribution is -2.39. The Morgan fingerprint density at radius 3 is 2.57 bits per heavy atom. The molecule has 2 unspecified atom stereocenters. The van der Waals surface area contributed by atoms with Gasteiger partial charge in [0, 0.05) is 26.3 Å². The minimum Gasteiger partial charge on any atom is -0.384 e. The Kier molecular flexibility index (Phi) is 4.39. The summed E-state index contributed by atoms with van der Waals surface area (Å²) in [7, 11) is 1.79. The van der Waals surface area contributed by atoms with Crippen LogP contribution in [-0.2, 0) is 4.74 Å². The van der Waals surface area contributed by atoms with E-state index in [4.69, 9.17) is 4.74 Å². The molecule has 2 nitrogen and oxygen atoms in total. The summed E-state index contributed by atoms with van der Waals surface area (Å²) in [5, 5.41) is 3.63. The molecular formula is C12H25NO. The lowest BCUT2D eigenvalue weighted by Gasteiger charge is -2.35. The molecule has 1 saturated carbocycles. The molecule has 0 spiro atoms. The fourth-order valence-electron chi connectivity index (χ4n) is 1.76. The van der Waals surface area contributed by atoms with Crippen molar-refractivity contribution < 1.29 is 4.74 Å². The second-order valence-corrected chi connectivity index (χ2v) is 5.02. The van der Waals surface area contributed by atoms with E-state index in [0.717, 1.165) is 19.2 Å². The predicted molar refractivity (Wildman–Crippen MR) is 60.5 cm³/mol. The van der Waals surface area contributed by atoms with Gasteiger partial charge in [-0.15, -0.1) is 0 Å². The molecule has 2 heteroatoms. The minimum atomic E-state index is 0.387. The number of ether oxygens (including phenoxy) is 1. The summed E-state index contributed by atoms with van der Waals surface area (Å²) >= 11 is 0. The van der Waals surface area contributed by atoms with E-state index in [2.05, 4.69) is 26.1 Å². The highest BCUT2D eigenvalue weighted by atomic mass is 16.5. The Morgan fingerprint density at radius 1 is 1.50 bits per heavy atom. The van der Waals surface area contributed by atoms with E-state index in [1.807, 2.05) is 0 Å². The molecule has 0 aliphatic heterocycles. The molecule has 1 fully saturated rings. The van der Waals surface area contributed by atoms with Gasteiger partial charge in [-0.1, -0.05) is 20.8 Å². The largest absolute Gasteiger partial charge is 0.384 e. The second-order valence-electron chi connectivity index (χ2n) is 5.02. The first-order valence-electron chi connectivity index (χ1n) is 5.84. The van der Waals surface area contributed by atoms with E-state index in [1.54, 1.807) is 7.11 Å². The van der Waals surface area contributed by atoms with Crippen LogP contribution in [-0.4, -0.2) is 26.3 Å². The second kappa shape index (κ2) is 5.13. The van der Waals surface area contributed by atoms with Crippen LogP contribution >= 0.6 is 0 Å². The summed E-state index contributed by atoms with van der Waals surface area (Å²) in [5.74, 6) is 0.628. The zero-order valence-electron chi connectivity index (χ0n) is 10.1. The normalized spacial score (nSPS) is 23.1. The standard InChI is InChI=1S/C12H25NO/c1-5-12(3,10(2)8-14-4)9-13-11-6-7-11/h10-11,13H,5-9H2,1-4H3. The maximum absolute atomic E-state index is 5.25. The van der Waals surface area contributed by atoms with Gasteiger partial charge in [0.1, 0.15) is 0 Å². The third-order valence-electron chi connectivity index (χ3n) is 3.79. The molecule has 0 saturated heterocycles. The first-order valence-corrected chi connectivity index (χ1v) is 5.84. The van der Waals surface area contributed by atoms with Crippen molar-refractivity contribution in [3.63, 3.8) is 0 Å². The van der Waals surface area contributed by atoms with Crippen molar-refractivity contribution >= 4 is 0 Å². The lowest BCUT2D eigenvalue weighted by atomic mass is 9.76. The lowest BCUT2D eigenvalue weighted by molar-refractivity contribution is 0.0770. The molecule has 14 heavy (non-hydrogen) atoms. The van der Waals surface area contributed by atoms with Crippen molar-refractivity contribution in [2.75, 3.05) is 20.3 Å². The van der Waals surface area contributed by atoms with Crippen molar-refractivity contribution in [1.82, 2.24) is 5.32 Å². The molecule has 0 bridgehead atoms. The smallest absolute Gasteiger partial charge is 0.0493 e. The van der Waals surface area contributed by atoms with Crippen LogP contribution in [0.1, 0.15) is 40.0 Å². The third-order valence-corrected chi connectivity index (χ3v) is 3.79. The summed E-state index contributed by atoms with van der Waals surface area (Å²) in [6.45, 7) is 8.95. The van der Waals surface area contributed by atoms with Gasteiger partial charge in [-0.3, -0.25) is 0 Å². The predicted octanol–water partition coefficient (Wildman–Crippen LogP) is 2.44. The van der Waals surface area contributed by atoms with Gasteiger partial charge < -0.3 is 10.1 Å². The summed E-state index contributed by atoms with van der Waals surface area (Å²) in [4.78, 5) is 0. The molecule has 1 aliphatic carbocycles. The molecule has 0 radical (unpaired) electrons. The van der Waals surface area contributed by atoms with Crippen LogP contribution < -0.4 is 5.32 Å². The Bertz CT molecular complexity index is 168. The van der Waals surface area contributed by atoms with E-state index >= 15 is 0 Å². The molecule has 1 N–H and O–H groups in total. The molecule has 0 aromatic heterocycles. The van der Waals surface area contributed by atoms with Gasteiger partial charge >= 0.3 is 0 Å². The summed E-state index contributed by atoms with van der Waals surface area (Å²) < 4.78 is 5.25. The molecule has 84 valence electrons. The van der Waals surface area contributed by atoms with Gasteiger partial charge in [-0.25, -0.2) is 0 Å². The topological polar surface area (TPSA) is 21.3 Å². The SMILES string of the molecule is CCC(C)(CNC1CC1)C(C)COC. The van der Waals surface area contributed by atoms with Crippen LogP contribution in [0.4, 0.5) is 0 Å².